The number of rotatable bonds is 6. The van der Waals surface area contributed by atoms with E-state index in [1.165, 1.54) is 22.2 Å². The second kappa shape index (κ2) is 8.78. The molecule has 0 saturated carbocycles. The van der Waals surface area contributed by atoms with Gasteiger partial charge in [0.1, 0.15) is 11.4 Å². The van der Waals surface area contributed by atoms with Crippen LogP contribution in [-0.2, 0) is 34.0 Å². The third-order valence-electron chi connectivity index (χ3n) is 6.22. The molecule has 1 unspecified atom stereocenters. The maximum Gasteiger partial charge on any atom is 0.262 e. The highest BCUT2D eigenvalue weighted by Gasteiger charge is 2.34. The van der Waals surface area contributed by atoms with E-state index in [1.807, 2.05) is 6.92 Å². The van der Waals surface area contributed by atoms with Gasteiger partial charge in [-0.05, 0) is 44.1 Å². The Kier molecular flexibility index (Phi) is 6.29. The summed E-state index contributed by atoms with van der Waals surface area (Å²) in [5.74, 6) is -0.0514. The van der Waals surface area contributed by atoms with Crippen molar-refractivity contribution >= 4 is 37.3 Å². The molecule has 7 nitrogen and oxygen atoms in total. The Bertz CT molecular complexity index is 1100. The van der Waals surface area contributed by atoms with E-state index in [0.717, 1.165) is 48.9 Å². The second-order valence-electron chi connectivity index (χ2n) is 8.42. The SMILES string of the molecule is CCCCN(C(=O)Cn1cnc2sc3c(c2c1=O)CCCCC3)C1CCS(=O)(=O)C1. The van der Waals surface area contributed by atoms with E-state index in [9.17, 15) is 18.0 Å². The molecule has 0 radical (unpaired) electrons. The highest BCUT2D eigenvalue weighted by Crippen LogP contribution is 2.32. The van der Waals surface area contributed by atoms with Gasteiger partial charge in [0, 0.05) is 17.5 Å². The number of carbonyl (C=O) groups excluding carboxylic acids is 1. The van der Waals surface area contributed by atoms with E-state index in [-0.39, 0.29) is 35.6 Å². The van der Waals surface area contributed by atoms with Crippen LogP contribution in [0.1, 0.15) is 55.9 Å². The molecule has 1 amide bonds. The summed E-state index contributed by atoms with van der Waals surface area (Å²) in [7, 11) is -3.09. The summed E-state index contributed by atoms with van der Waals surface area (Å²) < 4.78 is 25.3. The van der Waals surface area contributed by atoms with E-state index >= 15 is 0 Å². The first kappa shape index (κ1) is 21.5. The van der Waals surface area contributed by atoms with Crippen molar-refractivity contribution in [2.75, 3.05) is 18.1 Å². The lowest BCUT2D eigenvalue weighted by Crippen LogP contribution is -2.44. The number of amides is 1. The van der Waals surface area contributed by atoms with Gasteiger partial charge in [-0.15, -0.1) is 11.3 Å². The lowest BCUT2D eigenvalue weighted by Gasteiger charge is -2.28. The van der Waals surface area contributed by atoms with Crippen molar-refractivity contribution in [3.63, 3.8) is 0 Å². The minimum absolute atomic E-state index is 0.0205. The van der Waals surface area contributed by atoms with Crippen LogP contribution in [0.2, 0.25) is 0 Å². The Morgan fingerprint density at radius 2 is 2.10 bits per heavy atom. The quantitative estimate of drug-likeness (QED) is 0.630. The van der Waals surface area contributed by atoms with Crippen LogP contribution in [0.15, 0.2) is 11.1 Å². The molecule has 0 bridgehead atoms. The van der Waals surface area contributed by atoms with Gasteiger partial charge < -0.3 is 4.90 Å². The van der Waals surface area contributed by atoms with Crippen molar-refractivity contribution in [3.8, 4) is 0 Å². The van der Waals surface area contributed by atoms with Crippen molar-refractivity contribution in [2.45, 2.75) is 70.9 Å². The van der Waals surface area contributed by atoms with Gasteiger partial charge >= 0.3 is 0 Å². The number of hydrogen-bond acceptors (Lipinski definition) is 6. The molecular formula is C21H29N3O4S2. The average molecular weight is 452 g/mol. The van der Waals surface area contributed by atoms with Crippen LogP contribution in [0.25, 0.3) is 10.2 Å². The van der Waals surface area contributed by atoms with Crippen molar-refractivity contribution in [1.82, 2.24) is 14.5 Å². The summed E-state index contributed by atoms with van der Waals surface area (Å²) in [5, 5.41) is 0.677. The third kappa shape index (κ3) is 4.32. The summed E-state index contributed by atoms with van der Waals surface area (Å²) in [6, 6.07) is -0.293. The smallest absolute Gasteiger partial charge is 0.262 e. The van der Waals surface area contributed by atoms with Crippen LogP contribution in [0.3, 0.4) is 0 Å². The molecule has 1 aliphatic heterocycles. The molecule has 0 aromatic carbocycles. The second-order valence-corrected chi connectivity index (χ2v) is 11.7. The predicted octanol–water partition coefficient (Wildman–Crippen LogP) is 2.54. The average Bonchev–Trinajstić information content (AvgIpc) is 3.15. The Hall–Kier alpha value is -1.74. The molecular weight excluding hydrogens is 422 g/mol. The Morgan fingerprint density at radius 1 is 1.30 bits per heavy atom. The van der Waals surface area contributed by atoms with Gasteiger partial charge in [0.2, 0.25) is 5.91 Å². The fourth-order valence-corrected chi connectivity index (χ4v) is 7.52. The van der Waals surface area contributed by atoms with Crippen molar-refractivity contribution in [2.24, 2.45) is 0 Å². The zero-order valence-corrected chi connectivity index (χ0v) is 19.1. The summed E-state index contributed by atoms with van der Waals surface area (Å²) in [6.07, 6.45) is 8.96. The number of aryl methyl sites for hydroxylation is 2. The molecule has 30 heavy (non-hydrogen) atoms. The van der Waals surface area contributed by atoms with Gasteiger partial charge in [-0.2, -0.15) is 0 Å². The van der Waals surface area contributed by atoms with Crippen LogP contribution in [0.5, 0.6) is 0 Å². The summed E-state index contributed by atoms with van der Waals surface area (Å²) in [4.78, 5) is 34.6. The number of hydrogen-bond donors (Lipinski definition) is 0. The largest absolute Gasteiger partial charge is 0.337 e. The van der Waals surface area contributed by atoms with Gasteiger partial charge in [-0.1, -0.05) is 19.8 Å². The third-order valence-corrected chi connectivity index (χ3v) is 9.17. The van der Waals surface area contributed by atoms with Gasteiger partial charge in [-0.25, -0.2) is 13.4 Å². The molecule has 2 aliphatic rings. The van der Waals surface area contributed by atoms with Crippen molar-refractivity contribution in [1.29, 1.82) is 0 Å². The van der Waals surface area contributed by atoms with E-state index in [2.05, 4.69) is 4.98 Å². The van der Waals surface area contributed by atoms with E-state index in [4.69, 9.17) is 0 Å². The number of thiophene rings is 1. The molecule has 1 aliphatic carbocycles. The van der Waals surface area contributed by atoms with Gasteiger partial charge in [0.05, 0.1) is 23.2 Å². The molecule has 0 N–H and O–H groups in total. The molecule has 1 fully saturated rings. The van der Waals surface area contributed by atoms with Gasteiger partial charge in [-0.3, -0.25) is 14.2 Å². The van der Waals surface area contributed by atoms with Crippen LogP contribution in [0.4, 0.5) is 0 Å². The van der Waals surface area contributed by atoms with Crippen LogP contribution in [0, 0.1) is 0 Å². The zero-order chi connectivity index (χ0) is 21.3. The fraction of sp³-hybridized carbons (Fsp3) is 0.667. The number of aromatic nitrogens is 2. The monoisotopic (exact) mass is 451 g/mol. The topological polar surface area (TPSA) is 89.3 Å². The number of nitrogens with zero attached hydrogens (tertiary/aromatic N) is 3. The van der Waals surface area contributed by atoms with Gasteiger partial charge in [0.25, 0.3) is 5.56 Å². The highest BCUT2D eigenvalue weighted by atomic mass is 32.2. The summed E-state index contributed by atoms with van der Waals surface area (Å²) in [5.41, 5.74) is 0.971. The minimum atomic E-state index is -3.09. The maximum absolute atomic E-state index is 13.2. The maximum atomic E-state index is 13.2. The number of sulfone groups is 1. The molecule has 9 heteroatoms. The van der Waals surface area contributed by atoms with E-state index in [0.29, 0.717) is 18.4 Å². The van der Waals surface area contributed by atoms with Crippen LogP contribution >= 0.6 is 11.3 Å². The van der Waals surface area contributed by atoms with Crippen molar-refractivity contribution < 1.29 is 13.2 Å². The lowest BCUT2D eigenvalue weighted by molar-refractivity contribution is -0.133. The molecule has 3 heterocycles. The predicted molar refractivity (Wildman–Crippen MR) is 119 cm³/mol. The minimum Gasteiger partial charge on any atom is -0.337 e. The molecule has 1 atom stereocenters. The molecule has 2 aromatic heterocycles. The van der Waals surface area contributed by atoms with Crippen LogP contribution < -0.4 is 5.56 Å². The van der Waals surface area contributed by atoms with Crippen molar-refractivity contribution in [3.05, 3.63) is 27.1 Å². The zero-order valence-electron chi connectivity index (χ0n) is 17.4. The first-order chi connectivity index (χ1) is 14.4. The lowest BCUT2D eigenvalue weighted by atomic mass is 10.1. The van der Waals surface area contributed by atoms with Crippen LogP contribution in [-0.4, -0.2) is 52.9 Å². The first-order valence-corrected chi connectivity index (χ1v) is 13.5. The number of unbranched alkanes of at least 4 members (excludes halogenated alkanes) is 1. The highest BCUT2D eigenvalue weighted by molar-refractivity contribution is 7.91. The Labute approximate surface area is 181 Å². The fourth-order valence-electron chi connectivity index (χ4n) is 4.57. The molecule has 1 saturated heterocycles. The molecule has 164 valence electrons. The summed E-state index contributed by atoms with van der Waals surface area (Å²) >= 11 is 1.61. The normalized spacial score (nSPS) is 20.8. The van der Waals surface area contributed by atoms with E-state index in [1.54, 1.807) is 16.2 Å². The Morgan fingerprint density at radius 3 is 2.83 bits per heavy atom. The summed E-state index contributed by atoms with van der Waals surface area (Å²) in [6.45, 7) is 2.47. The molecule has 4 rings (SSSR count). The van der Waals surface area contributed by atoms with E-state index < -0.39 is 9.84 Å². The Balaban J connectivity index is 1.61. The number of fused-ring (bicyclic) bond motifs is 3. The standard InChI is InChI=1S/C21H29N3O4S2/c1-2-3-10-24(15-9-11-30(27,28)13-15)18(25)12-23-14-22-20-19(21(23)26)16-7-5-4-6-8-17(16)29-20/h14-15H,2-13H2,1H3. The molecule has 0 spiro atoms. The van der Waals surface area contributed by atoms with Gasteiger partial charge in [0.15, 0.2) is 9.84 Å². The molecule has 2 aromatic rings. The number of carbonyl (C=O) groups is 1. The first-order valence-electron chi connectivity index (χ1n) is 10.9.